The normalized spacial score (nSPS) is 11.7. The second-order valence-corrected chi connectivity index (χ2v) is 5.65. The number of carbonyl (C=O) groups is 2. The molecule has 23 heavy (non-hydrogen) atoms. The van der Waals surface area contributed by atoms with Gasteiger partial charge in [-0.05, 0) is 30.9 Å². The van der Waals surface area contributed by atoms with E-state index >= 15 is 0 Å². The average Bonchev–Trinajstić information content (AvgIpc) is 2.55. The molecule has 0 aromatic heterocycles. The molecule has 4 heteroatoms. The molecule has 0 heterocycles. The molecule has 0 saturated heterocycles. The number of nitrogens with one attached hydrogen (secondary N) is 1. The summed E-state index contributed by atoms with van der Waals surface area (Å²) in [5.74, 6) is -0.715. The number of rotatable bonds is 7. The van der Waals surface area contributed by atoms with Crippen LogP contribution in [0.15, 0.2) is 54.6 Å². The van der Waals surface area contributed by atoms with Crippen LogP contribution in [0.5, 0.6) is 0 Å². The topological polar surface area (TPSA) is 72.2 Å². The first-order valence-electron chi connectivity index (χ1n) is 7.75. The van der Waals surface area contributed by atoms with Gasteiger partial charge in [0.2, 0.25) is 11.8 Å². The first-order valence-corrected chi connectivity index (χ1v) is 7.75. The van der Waals surface area contributed by atoms with Crippen LogP contribution >= 0.6 is 0 Å². The van der Waals surface area contributed by atoms with E-state index in [1.165, 1.54) is 11.1 Å². The number of aryl methyl sites for hydroxylation is 2. The standard InChI is InChI=1S/C19H22N2O2/c1-14-10-12-15(13-11-14)6-5-9-17(22)21-18(19(20)23)16-7-3-2-4-8-16/h2-4,7-8,10-13,18H,5-6,9H2,1H3,(H2,20,23)(H,21,22). The van der Waals surface area contributed by atoms with E-state index < -0.39 is 11.9 Å². The molecule has 1 unspecified atom stereocenters. The lowest BCUT2D eigenvalue weighted by Crippen LogP contribution is -2.37. The molecular weight excluding hydrogens is 288 g/mol. The highest BCUT2D eigenvalue weighted by Gasteiger charge is 2.19. The Balaban J connectivity index is 1.85. The number of primary amides is 1. The smallest absolute Gasteiger partial charge is 0.244 e. The summed E-state index contributed by atoms with van der Waals surface area (Å²) in [4.78, 5) is 23.6. The molecule has 0 radical (unpaired) electrons. The van der Waals surface area contributed by atoms with Gasteiger partial charge < -0.3 is 11.1 Å². The lowest BCUT2D eigenvalue weighted by Gasteiger charge is -2.15. The van der Waals surface area contributed by atoms with Gasteiger partial charge in [-0.15, -0.1) is 0 Å². The summed E-state index contributed by atoms with van der Waals surface area (Å²) in [5, 5.41) is 2.71. The second-order valence-electron chi connectivity index (χ2n) is 5.65. The van der Waals surface area contributed by atoms with E-state index in [1.807, 2.05) is 25.1 Å². The number of hydrogen-bond donors (Lipinski definition) is 2. The summed E-state index contributed by atoms with van der Waals surface area (Å²) in [7, 11) is 0. The van der Waals surface area contributed by atoms with Crippen molar-refractivity contribution in [1.82, 2.24) is 5.32 Å². The fourth-order valence-electron chi connectivity index (χ4n) is 2.41. The fourth-order valence-corrected chi connectivity index (χ4v) is 2.41. The van der Waals surface area contributed by atoms with Gasteiger partial charge in [-0.2, -0.15) is 0 Å². The van der Waals surface area contributed by atoms with Gasteiger partial charge in [0, 0.05) is 6.42 Å². The van der Waals surface area contributed by atoms with E-state index in [-0.39, 0.29) is 5.91 Å². The Morgan fingerprint density at radius 3 is 2.30 bits per heavy atom. The molecule has 0 fully saturated rings. The Kier molecular flexibility index (Phi) is 5.92. The molecule has 2 aromatic carbocycles. The SMILES string of the molecule is Cc1ccc(CCCC(=O)NC(C(N)=O)c2ccccc2)cc1. The number of nitrogens with two attached hydrogens (primary N) is 1. The van der Waals surface area contributed by atoms with Gasteiger partial charge in [0.15, 0.2) is 0 Å². The van der Waals surface area contributed by atoms with E-state index in [0.717, 1.165) is 12.8 Å². The highest BCUT2D eigenvalue weighted by atomic mass is 16.2. The van der Waals surface area contributed by atoms with Crippen LogP contribution in [-0.4, -0.2) is 11.8 Å². The predicted molar refractivity (Wildman–Crippen MR) is 90.6 cm³/mol. The molecule has 2 amide bonds. The molecule has 2 rings (SSSR count). The Hall–Kier alpha value is -2.62. The zero-order valence-electron chi connectivity index (χ0n) is 13.3. The van der Waals surface area contributed by atoms with Crippen molar-refractivity contribution in [3.8, 4) is 0 Å². The monoisotopic (exact) mass is 310 g/mol. The molecular formula is C19H22N2O2. The van der Waals surface area contributed by atoms with Crippen molar-refractivity contribution in [1.29, 1.82) is 0 Å². The number of carbonyl (C=O) groups excluding carboxylic acids is 2. The van der Waals surface area contributed by atoms with E-state index in [2.05, 4.69) is 29.6 Å². The lowest BCUT2D eigenvalue weighted by atomic mass is 10.0. The van der Waals surface area contributed by atoms with Gasteiger partial charge in [-0.3, -0.25) is 9.59 Å². The van der Waals surface area contributed by atoms with Crippen molar-refractivity contribution in [3.63, 3.8) is 0 Å². The minimum Gasteiger partial charge on any atom is -0.368 e. The van der Waals surface area contributed by atoms with Crippen LogP contribution in [0.1, 0.15) is 35.6 Å². The van der Waals surface area contributed by atoms with Crippen LogP contribution in [-0.2, 0) is 16.0 Å². The number of hydrogen-bond acceptors (Lipinski definition) is 2. The third-order valence-electron chi connectivity index (χ3n) is 3.71. The molecule has 1 atom stereocenters. The van der Waals surface area contributed by atoms with Crippen LogP contribution < -0.4 is 11.1 Å². The summed E-state index contributed by atoms with van der Waals surface area (Å²) in [6.07, 6.45) is 1.93. The molecule has 0 aliphatic heterocycles. The van der Waals surface area contributed by atoms with E-state index in [9.17, 15) is 9.59 Å². The number of benzene rings is 2. The molecule has 0 saturated carbocycles. The van der Waals surface area contributed by atoms with E-state index in [4.69, 9.17) is 5.73 Å². The minimum atomic E-state index is -0.775. The van der Waals surface area contributed by atoms with Crippen molar-refractivity contribution in [3.05, 3.63) is 71.3 Å². The fraction of sp³-hybridized carbons (Fsp3) is 0.263. The average molecular weight is 310 g/mol. The summed E-state index contributed by atoms with van der Waals surface area (Å²) in [5.41, 5.74) is 8.53. The van der Waals surface area contributed by atoms with Crippen molar-refractivity contribution in [2.24, 2.45) is 5.73 Å². The van der Waals surface area contributed by atoms with Crippen molar-refractivity contribution in [2.45, 2.75) is 32.2 Å². The van der Waals surface area contributed by atoms with Crippen LogP contribution in [0.25, 0.3) is 0 Å². The zero-order valence-corrected chi connectivity index (χ0v) is 13.3. The Morgan fingerprint density at radius 2 is 1.70 bits per heavy atom. The zero-order chi connectivity index (χ0) is 16.7. The molecule has 120 valence electrons. The van der Waals surface area contributed by atoms with Crippen molar-refractivity contribution in [2.75, 3.05) is 0 Å². The molecule has 3 N–H and O–H groups in total. The van der Waals surface area contributed by atoms with Gasteiger partial charge in [-0.1, -0.05) is 60.2 Å². The summed E-state index contributed by atoms with van der Waals surface area (Å²) in [6, 6.07) is 16.5. The molecule has 0 aliphatic carbocycles. The molecule has 0 bridgehead atoms. The van der Waals surface area contributed by atoms with E-state index in [1.54, 1.807) is 12.1 Å². The molecule has 0 spiro atoms. The largest absolute Gasteiger partial charge is 0.368 e. The van der Waals surface area contributed by atoms with Gasteiger partial charge in [0.25, 0.3) is 0 Å². The maximum Gasteiger partial charge on any atom is 0.244 e. The van der Waals surface area contributed by atoms with Crippen LogP contribution in [0.2, 0.25) is 0 Å². The maximum absolute atomic E-state index is 12.1. The quantitative estimate of drug-likeness (QED) is 0.825. The third-order valence-corrected chi connectivity index (χ3v) is 3.71. The van der Waals surface area contributed by atoms with Crippen LogP contribution in [0.4, 0.5) is 0 Å². The van der Waals surface area contributed by atoms with Crippen molar-refractivity contribution >= 4 is 11.8 Å². The van der Waals surface area contributed by atoms with Crippen LogP contribution in [0.3, 0.4) is 0 Å². The Bertz CT molecular complexity index is 651. The van der Waals surface area contributed by atoms with Gasteiger partial charge >= 0.3 is 0 Å². The first-order chi connectivity index (χ1) is 11.1. The van der Waals surface area contributed by atoms with Crippen molar-refractivity contribution < 1.29 is 9.59 Å². The summed E-state index contributed by atoms with van der Waals surface area (Å²) >= 11 is 0. The third kappa shape index (κ3) is 5.25. The number of amides is 2. The predicted octanol–water partition coefficient (Wildman–Crippen LogP) is 2.66. The second kappa shape index (κ2) is 8.13. The molecule has 0 aliphatic rings. The van der Waals surface area contributed by atoms with Crippen LogP contribution in [0, 0.1) is 6.92 Å². The lowest BCUT2D eigenvalue weighted by molar-refractivity contribution is -0.127. The first kappa shape index (κ1) is 16.7. The highest BCUT2D eigenvalue weighted by Crippen LogP contribution is 2.13. The maximum atomic E-state index is 12.1. The highest BCUT2D eigenvalue weighted by molar-refractivity contribution is 5.87. The minimum absolute atomic E-state index is 0.162. The summed E-state index contributed by atoms with van der Waals surface area (Å²) < 4.78 is 0. The van der Waals surface area contributed by atoms with E-state index in [0.29, 0.717) is 12.0 Å². The Labute approximate surface area is 136 Å². The van der Waals surface area contributed by atoms with Gasteiger partial charge in [0.05, 0.1) is 0 Å². The van der Waals surface area contributed by atoms with Gasteiger partial charge in [0.1, 0.15) is 6.04 Å². The summed E-state index contributed by atoms with van der Waals surface area (Å²) in [6.45, 7) is 2.05. The molecule has 2 aromatic rings. The Morgan fingerprint density at radius 1 is 1.04 bits per heavy atom. The molecule has 4 nitrogen and oxygen atoms in total. The van der Waals surface area contributed by atoms with Gasteiger partial charge in [-0.25, -0.2) is 0 Å².